The number of nitrogens with one attached hydrogen (secondary N) is 1. The molecule has 0 saturated heterocycles. The third-order valence-corrected chi connectivity index (χ3v) is 6.84. The Labute approximate surface area is 189 Å². The lowest BCUT2D eigenvalue weighted by atomic mass is 9.66. The van der Waals surface area contributed by atoms with Gasteiger partial charge in [0.25, 0.3) is 5.82 Å². The third kappa shape index (κ3) is 6.09. The first kappa shape index (κ1) is 23.3. The predicted octanol–water partition coefficient (Wildman–Crippen LogP) is 7.36. The first-order valence-electron chi connectivity index (χ1n) is 12.3. The summed E-state index contributed by atoms with van der Waals surface area (Å²) in [5.41, 5.74) is 2.87. The molecule has 166 valence electrons. The Morgan fingerprint density at radius 3 is 2.19 bits per heavy atom. The largest absolute Gasteiger partial charge is 0.258 e. The fourth-order valence-electron chi connectivity index (χ4n) is 5.01. The van der Waals surface area contributed by atoms with Crippen LogP contribution < -0.4 is 4.57 Å². The van der Waals surface area contributed by atoms with Gasteiger partial charge in [0, 0.05) is 5.41 Å². The fourth-order valence-corrected chi connectivity index (χ4v) is 5.01. The van der Waals surface area contributed by atoms with Crippen LogP contribution in [-0.4, -0.2) is 4.98 Å². The highest BCUT2D eigenvalue weighted by molar-refractivity contribution is 5.32. The molecule has 0 aliphatic heterocycles. The molecule has 1 N–H and O–H groups in total. The lowest BCUT2D eigenvalue weighted by Crippen LogP contribution is -2.43. The van der Waals surface area contributed by atoms with Crippen molar-refractivity contribution in [1.82, 2.24) is 4.98 Å². The Balaban J connectivity index is 1.99. The molecule has 3 rings (SSSR count). The van der Waals surface area contributed by atoms with Gasteiger partial charge in [-0.05, 0) is 36.8 Å². The van der Waals surface area contributed by atoms with E-state index in [2.05, 4.69) is 103 Å². The summed E-state index contributed by atoms with van der Waals surface area (Å²) < 4.78 is 2.50. The van der Waals surface area contributed by atoms with Crippen molar-refractivity contribution in [1.29, 1.82) is 0 Å². The highest BCUT2D eigenvalue weighted by Crippen LogP contribution is 2.43. The van der Waals surface area contributed by atoms with Crippen LogP contribution in [0.25, 0.3) is 0 Å². The molecular formula is C29H41N2+. The maximum atomic E-state index is 3.68. The predicted molar refractivity (Wildman–Crippen MR) is 131 cm³/mol. The number of imidazole rings is 1. The van der Waals surface area contributed by atoms with Gasteiger partial charge in [-0.1, -0.05) is 107 Å². The number of aromatic nitrogens is 2. The molecule has 0 spiro atoms. The molecule has 1 aromatic heterocycles. The molecule has 3 aromatic rings. The number of aromatic amines is 1. The van der Waals surface area contributed by atoms with Crippen LogP contribution >= 0.6 is 0 Å². The van der Waals surface area contributed by atoms with Gasteiger partial charge in [-0.3, -0.25) is 0 Å². The maximum Gasteiger partial charge on any atom is 0.258 e. The van der Waals surface area contributed by atoms with Gasteiger partial charge in [-0.2, -0.15) is 0 Å². The molecule has 0 fully saturated rings. The van der Waals surface area contributed by atoms with E-state index in [1.807, 2.05) is 0 Å². The van der Waals surface area contributed by atoms with Gasteiger partial charge in [0.05, 0.1) is 12.5 Å². The SMILES string of the molecule is CCCCCC[n+]1cc[nH]c1C(CCCC)C(C)(Cc1ccccc1)c1ccccc1. The minimum Gasteiger partial charge on any atom is -0.247 e. The number of unbranched alkanes of at least 4 members (excludes halogenated alkanes) is 4. The number of rotatable bonds is 13. The van der Waals surface area contributed by atoms with Crippen LogP contribution in [0.15, 0.2) is 73.1 Å². The Kier molecular flexibility index (Phi) is 8.94. The first-order chi connectivity index (χ1) is 15.2. The normalized spacial score (nSPS) is 14.3. The zero-order chi connectivity index (χ0) is 21.9. The minimum absolute atomic E-state index is 0.0216. The number of nitrogens with zero attached hydrogens (tertiary/aromatic N) is 1. The van der Waals surface area contributed by atoms with E-state index in [1.165, 1.54) is 61.9 Å². The summed E-state index contributed by atoms with van der Waals surface area (Å²) in [6, 6.07) is 22.2. The summed E-state index contributed by atoms with van der Waals surface area (Å²) in [5, 5.41) is 0. The summed E-state index contributed by atoms with van der Waals surface area (Å²) in [4.78, 5) is 3.68. The van der Waals surface area contributed by atoms with E-state index in [0.29, 0.717) is 5.92 Å². The van der Waals surface area contributed by atoms with Gasteiger partial charge in [0.15, 0.2) is 0 Å². The van der Waals surface area contributed by atoms with E-state index in [1.54, 1.807) is 0 Å². The van der Waals surface area contributed by atoms with Crippen LogP contribution in [-0.2, 0) is 18.4 Å². The summed E-state index contributed by atoms with van der Waals surface area (Å²) in [7, 11) is 0. The number of H-pyrrole nitrogens is 1. The van der Waals surface area contributed by atoms with Gasteiger partial charge in [-0.15, -0.1) is 0 Å². The highest BCUT2D eigenvalue weighted by Gasteiger charge is 2.41. The van der Waals surface area contributed by atoms with Gasteiger partial charge >= 0.3 is 0 Å². The maximum absolute atomic E-state index is 3.68. The van der Waals surface area contributed by atoms with Crippen LogP contribution in [0.1, 0.15) is 88.6 Å². The lowest BCUT2D eigenvalue weighted by Gasteiger charge is -2.37. The van der Waals surface area contributed by atoms with Gasteiger partial charge in [0.2, 0.25) is 0 Å². The van der Waals surface area contributed by atoms with Crippen LogP contribution in [0.2, 0.25) is 0 Å². The van der Waals surface area contributed by atoms with E-state index in [9.17, 15) is 0 Å². The Morgan fingerprint density at radius 2 is 1.52 bits per heavy atom. The molecule has 0 aliphatic carbocycles. The standard InChI is InChI=1S/C29H40N2/c1-4-6-8-15-22-31-23-21-30-28(31)27(20-7-5-2)29(3,26-18-13-10-14-19-26)24-25-16-11-9-12-17-25/h9-14,16-19,21,23,27H,4-8,15,20,22,24H2,1-3H3/p+1. The summed E-state index contributed by atoms with van der Waals surface area (Å²) in [6.07, 6.45) is 14.3. The minimum atomic E-state index is 0.0216. The average Bonchev–Trinajstić information content (AvgIpc) is 3.26. The van der Waals surface area contributed by atoms with Crippen molar-refractivity contribution in [3.8, 4) is 0 Å². The van der Waals surface area contributed by atoms with Crippen LogP contribution in [0.3, 0.4) is 0 Å². The molecule has 0 saturated carbocycles. The van der Waals surface area contributed by atoms with E-state index in [-0.39, 0.29) is 5.41 Å². The van der Waals surface area contributed by atoms with Crippen molar-refractivity contribution in [3.63, 3.8) is 0 Å². The molecular weight excluding hydrogens is 376 g/mol. The Bertz CT molecular complexity index is 868. The fraction of sp³-hybridized carbons (Fsp3) is 0.483. The van der Waals surface area contributed by atoms with Gasteiger partial charge in [-0.25, -0.2) is 9.55 Å². The topological polar surface area (TPSA) is 19.7 Å². The van der Waals surface area contributed by atoms with E-state index < -0.39 is 0 Å². The molecule has 2 atom stereocenters. The second-order valence-corrected chi connectivity index (χ2v) is 9.24. The molecule has 1 heterocycles. The van der Waals surface area contributed by atoms with Crippen molar-refractivity contribution in [2.24, 2.45) is 0 Å². The first-order valence-corrected chi connectivity index (χ1v) is 12.3. The zero-order valence-electron chi connectivity index (χ0n) is 19.8. The molecule has 2 nitrogen and oxygen atoms in total. The van der Waals surface area contributed by atoms with Crippen LogP contribution in [0.5, 0.6) is 0 Å². The average molecular weight is 418 g/mol. The van der Waals surface area contributed by atoms with Crippen molar-refractivity contribution in [3.05, 3.63) is 90.0 Å². The van der Waals surface area contributed by atoms with Crippen molar-refractivity contribution >= 4 is 0 Å². The number of hydrogen-bond acceptors (Lipinski definition) is 0. The molecule has 31 heavy (non-hydrogen) atoms. The number of hydrogen-bond donors (Lipinski definition) is 1. The Hall–Kier alpha value is -2.35. The summed E-state index contributed by atoms with van der Waals surface area (Å²) >= 11 is 0. The molecule has 2 heteroatoms. The number of benzene rings is 2. The highest BCUT2D eigenvalue weighted by atomic mass is 15.1. The second kappa shape index (κ2) is 11.9. The summed E-state index contributed by atoms with van der Waals surface area (Å²) in [6.45, 7) is 8.18. The van der Waals surface area contributed by atoms with Crippen molar-refractivity contribution in [2.45, 2.75) is 90.0 Å². The van der Waals surface area contributed by atoms with Crippen molar-refractivity contribution < 1.29 is 4.57 Å². The summed E-state index contributed by atoms with van der Waals surface area (Å²) in [5.74, 6) is 1.84. The quantitative estimate of drug-likeness (QED) is 0.221. The molecule has 0 radical (unpaired) electrons. The van der Waals surface area contributed by atoms with Crippen LogP contribution in [0, 0.1) is 0 Å². The van der Waals surface area contributed by atoms with Gasteiger partial charge in [0.1, 0.15) is 12.4 Å². The smallest absolute Gasteiger partial charge is 0.247 e. The monoisotopic (exact) mass is 417 g/mol. The number of aryl methyl sites for hydroxylation is 1. The molecule has 0 bridgehead atoms. The van der Waals surface area contributed by atoms with E-state index in [0.717, 1.165) is 13.0 Å². The lowest BCUT2D eigenvalue weighted by molar-refractivity contribution is -0.705. The third-order valence-electron chi connectivity index (χ3n) is 6.84. The molecule has 0 amide bonds. The van der Waals surface area contributed by atoms with E-state index >= 15 is 0 Å². The Morgan fingerprint density at radius 1 is 0.839 bits per heavy atom. The van der Waals surface area contributed by atoms with Crippen LogP contribution in [0.4, 0.5) is 0 Å². The van der Waals surface area contributed by atoms with Crippen molar-refractivity contribution in [2.75, 3.05) is 0 Å². The zero-order valence-corrected chi connectivity index (χ0v) is 19.8. The molecule has 2 aromatic carbocycles. The molecule has 2 unspecified atom stereocenters. The van der Waals surface area contributed by atoms with Gasteiger partial charge < -0.3 is 0 Å². The second-order valence-electron chi connectivity index (χ2n) is 9.24. The van der Waals surface area contributed by atoms with E-state index in [4.69, 9.17) is 0 Å². The molecule has 0 aliphatic rings.